The Hall–Kier alpha value is -1.38. The zero-order valence-corrected chi connectivity index (χ0v) is 18.2. The number of carbonyl (C=O) groups excluding carboxylic acids is 2. The van der Waals surface area contributed by atoms with Crippen LogP contribution in [0.1, 0.15) is 34.1 Å². The Kier molecular flexibility index (Phi) is 8.98. The molecule has 2 saturated heterocycles. The van der Waals surface area contributed by atoms with Crippen molar-refractivity contribution < 1.29 is 14.3 Å². The summed E-state index contributed by atoms with van der Waals surface area (Å²) >= 11 is 0. The highest BCUT2D eigenvalue weighted by Gasteiger charge is 2.29. The van der Waals surface area contributed by atoms with Gasteiger partial charge in [-0.3, -0.25) is 14.6 Å². The van der Waals surface area contributed by atoms with Gasteiger partial charge in [0, 0.05) is 64.4 Å². The van der Waals surface area contributed by atoms with Crippen LogP contribution in [0.3, 0.4) is 0 Å². The summed E-state index contributed by atoms with van der Waals surface area (Å²) in [6.07, 6.45) is 0.895. The largest absolute Gasteiger partial charge is 0.379 e. The lowest BCUT2D eigenvalue weighted by Gasteiger charge is -2.41. The molecule has 2 heterocycles. The molecule has 0 aromatic heterocycles. The molecule has 8 nitrogen and oxygen atoms in total. The van der Waals surface area contributed by atoms with E-state index in [-0.39, 0.29) is 17.5 Å². The van der Waals surface area contributed by atoms with Crippen molar-refractivity contribution >= 4 is 11.9 Å². The van der Waals surface area contributed by atoms with E-state index in [0.717, 1.165) is 65.4 Å². The van der Waals surface area contributed by atoms with Gasteiger partial charge in [0.15, 0.2) is 0 Å². The Labute approximate surface area is 170 Å². The standard InChI is InChI=1S/C20H39N5O3/c1-5-23(6-2)18(26)16-22-8-7-9-24(11-10-22)19(27)21-17-20(3,4)25-12-14-28-15-13-25/h5-17H2,1-4H3,(H,21,27). The maximum absolute atomic E-state index is 12.7. The Morgan fingerprint density at radius 3 is 2.32 bits per heavy atom. The van der Waals surface area contributed by atoms with Crippen LogP contribution in [0.4, 0.5) is 4.79 Å². The molecule has 2 fully saturated rings. The van der Waals surface area contributed by atoms with E-state index in [0.29, 0.717) is 19.6 Å². The minimum Gasteiger partial charge on any atom is -0.379 e. The molecule has 3 amide bonds. The molecular formula is C20H39N5O3. The zero-order chi connectivity index (χ0) is 20.6. The Morgan fingerprint density at radius 1 is 1.00 bits per heavy atom. The molecular weight excluding hydrogens is 358 g/mol. The van der Waals surface area contributed by atoms with Crippen molar-refractivity contribution in [1.82, 2.24) is 24.9 Å². The van der Waals surface area contributed by atoms with Crippen LogP contribution in [0.15, 0.2) is 0 Å². The predicted octanol–water partition coefficient (Wildman–Crippen LogP) is 0.683. The van der Waals surface area contributed by atoms with Gasteiger partial charge in [0.25, 0.3) is 0 Å². The molecule has 28 heavy (non-hydrogen) atoms. The van der Waals surface area contributed by atoms with Crippen LogP contribution in [0.25, 0.3) is 0 Å². The lowest BCUT2D eigenvalue weighted by atomic mass is 10.0. The number of rotatable bonds is 7. The van der Waals surface area contributed by atoms with Gasteiger partial charge in [-0.1, -0.05) is 0 Å². The van der Waals surface area contributed by atoms with Crippen molar-refractivity contribution in [2.45, 2.75) is 39.7 Å². The molecule has 2 rings (SSSR count). The van der Waals surface area contributed by atoms with E-state index in [1.807, 2.05) is 23.6 Å². The van der Waals surface area contributed by atoms with Crippen molar-refractivity contribution in [3.05, 3.63) is 0 Å². The zero-order valence-electron chi connectivity index (χ0n) is 18.2. The molecule has 0 unspecified atom stereocenters. The van der Waals surface area contributed by atoms with Gasteiger partial charge in [0.1, 0.15) is 0 Å². The first-order chi connectivity index (χ1) is 13.4. The molecule has 2 aliphatic rings. The Bertz CT molecular complexity index is 504. The fourth-order valence-electron chi connectivity index (χ4n) is 3.88. The van der Waals surface area contributed by atoms with Crippen molar-refractivity contribution in [3.8, 4) is 0 Å². The molecule has 0 radical (unpaired) electrons. The number of morpholine rings is 1. The van der Waals surface area contributed by atoms with E-state index in [1.54, 1.807) is 0 Å². The molecule has 0 bridgehead atoms. The highest BCUT2D eigenvalue weighted by atomic mass is 16.5. The highest BCUT2D eigenvalue weighted by molar-refractivity contribution is 5.78. The van der Waals surface area contributed by atoms with E-state index < -0.39 is 0 Å². The highest BCUT2D eigenvalue weighted by Crippen LogP contribution is 2.15. The minimum atomic E-state index is -0.0898. The smallest absolute Gasteiger partial charge is 0.317 e. The number of nitrogens with zero attached hydrogens (tertiary/aromatic N) is 4. The lowest BCUT2D eigenvalue weighted by molar-refractivity contribution is -0.132. The number of ether oxygens (including phenoxy) is 1. The summed E-state index contributed by atoms with van der Waals surface area (Å²) in [5.74, 6) is 0.176. The van der Waals surface area contributed by atoms with Crippen molar-refractivity contribution in [1.29, 1.82) is 0 Å². The summed E-state index contributed by atoms with van der Waals surface area (Å²) in [6, 6.07) is -0.00162. The normalized spacial score (nSPS) is 19.9. The molecule has 162 valence electrons. The van der Waals surface area contributed by atoms with Crippen LogP contribution in [0, 0.1) is 0 Å². The summed E-state index contributed by atoms with van der Waals surface area (Å²) in [5, 5.41) is 3.12. The molecule has 0 spiro atoms. The number of carbonyl (C=O) groups is 2. The second-order valence-corrected chi connectivity index (χ2v) is 8.25. The van der Waals surface area contributed by atoms with Crippen LogP contribution < -0.4 is 5.32 Å². The molecule has 8 heteroatoms. The summed E-state index contributed by atoms with van der Waals surface area (Å²) < 4.78 is 5.43. The van der Waals surface area contributed by atoms with E-state index in [1.165, 1.54) is 0 Å². The van der Waals surface area contributed by atoms with Gasteiger partial charge in [-0.05, 0) is 34.1 Å². The summed E-state index contributed by atoms with van der Waals surface area (Å²) in [4.78, 5) is 33.3. The molecule has 0 aromatic carbocycles. The Morgan fingerprint density at radius 2 is 1.68 bits per heavy atom. The van der Waals surface area contributed by atoms with Gasteiger partial charge in [-0.15, -0.1) is 0 Å². The summed E-state index contributed by atoms with van der Waals surface area (Å²) in [7, 11) is 0. The second kappa shape index (κ2) is 11.0. The number of urea groups is 1. The van der Waals surface area contributed by atoms with E-state index in [9.17, 15) is 9.59 Å². The first-order valence-corrected chi connectivity index (χ1v) is 10.7. The van der Waals surface area contributed by atoms with Crippen molar-refractivity contribution in [2.75, 3.05) is 78.7 Å². The van der Waals surface area contributed by atoms with Crippen LogP contribution in [-0.2, 0) is 9.53 Å². The Balaban J connectivity index is 1.78. The number of nitrogens with one attached hydrogen (secondary N) is 1. The van der Waals surface area contributed by atoms with Gasteiger partial charge in [-0.2, -0.15) is 0 Å². The first-order valence-electron chi connectivity index (χ1n) is 10.7. The minimum absolute atomic E-state index is 0.00162. The second-order valence-electron chi connectivity index (χ2n) is 8.25. The van der Waals surface area contributed by atoms with Gasteiger partial charge in [-0.25, -0.2) is 4.79 Å². The summed E-state index contributed by atoms with van der Waals surface area (Å²) in [5.41, 5.74) is -0.0898. The molecule has 1 N–H and O–H groups in total. The quantitative estimate of drug-likeness (QED) is 0.684. The van der Waals surface area contributed by atoms with E-state index in [2.05, 4.69) is 29.0 Å². The van der Waals surface area contributed by atoms with Crippen LogP contribution in [0.5, 0.6) is 0 Å². The van der Waals surface area contributed by atoms with Gasteiger partial charge >= 0.3 is 6.03 Å². The third kappa shape index (κ3) is 6.60. The molecule has 0 aliphatic carbocycles. The average Bonchev–Trinajstić information content (AvgIpc) is 2.93. The van der Waals surface area contributed by atoms with Crippen LogP contribution in [-0.4, -0.2) is 116 Å². The molecule has 0 aromatic rings. The first kappa shape index (κ1) is 22.9. The maximum Gasteiger partial charge on any atom is 0.317 e. The number of hydrogen-bond donors (Lipinski definition) is 1. The van der Waals surface area contributed by atoms with Crippen molar-refractivity contribution in [3.63, 3.8) is 0 Å². The topological polar surface area (TPSA) is 68.4 Å². The van der Waals surface area contributed by atoms with E-state index >= 15 is 0 Å². The maximum atomic E-state index is 12.7. The third-order valence-corrected chi connectivity index (χ3v) is 5.89. The van der Waals surface area contributed by atoms with Gasteiger partial charge in [0.2, 0.25) is 5.91 Å². The lowest BCUT2D eigenvalue weighted by Crippen LogP contribution is -2.56. The van der Waals surface area contributed by atoms with Gasteiger partial charge < -0.3 is 19.9 Å². The fourth-order valence-corrected chi connectivity index (χ4v) is 3.88. The number of amides is 3. The SMILES string of the molecule is CCN(CC)C(=O)CN1CCCN(C(=O)NCC(C)(C)N2CCOCC2)CC1. The molecule has 0 saturated carbocycles. The molecule has 2 aliphatic heterocycles. The van der Waals surface area contributed by atoms with Crippen LogP contribution in [0.2, 0.25) is 0 Å². The predicted molar refractivity (Wildman–Crippen MR) is 110 cm³/mol. The number of hydrogen-bond acceptors (Lipinski definition) is 5. The van der Waals surface area contributed by atoms with Crippen LogP contribution >= 0.6 is 0 Å². The number of likely N-dealkylation sites (N-methyl/N-ethyl adjacent to an activating group) is 1. The average molecular weight is 398 g/mol. The monoisotopic (exact) mass is 397 g/mol. The third-order valence-electron chi connectivity index (χ3n) is 5.89. The fraction of sp³-hybridized carbons (Fsp3) is 0.900. The molecule has 0 atom stereocenters. The van der Waals surface area contributed by atoms with Crippen molar-refractivity contribution in [2.24, 2.45) is 0 Å². The van der Waals surface area contributed by atoms with E-state index in [4.69, 9.17) is 4.74 Å². The summed E-state index contributed by atoms with van der Waals surface area (Å²) in [6.45, 7) is 17.2. The van der Waals surface area contributed by atoms with Gasteiger partial charge in [0.05, 0.1) is 19.8 Å².